The van der Waals surface area contributed by atoms with Crippen molar-refractivity contribution in [3.63, 3.8) is 0 Å². The van der Waals surface area contributed by atoms with E-state index in [1.165, 1.54) is 32.1 Å². The SMILES string of the molecule is NNC(=O)CCCSC1CCCCC1. The summed E-state index contributed by atoms with van der Waals surface area (Å²) in [5.74, 6) is 6.04. The summed E-state index contributed by atoms with van der Waals surface area (Å²) >= 11 is 2.03. The van der Waals surface area contributed by atoms with Gasteiger partial charge in [0.2, 0.25) is 5.91 Å². The average Bonchev–Trinajstić information content (AvgIpc) is 2.25. The topological polar surface area (TPSA) is 55.1 Å². The number of hydrogen-bond acceptors (Lipinski definition) is 3. The van der Waals surface area contributed by atoms with Gasteiger partial charge >= 0.3 is 0 Å². The molecule has 0 saturated heterocycles. The highest BCUT2D eigenvalue weighted by Crippen LogP contribution is 2.28. The molecule has 82 valence electrons. The highest BCUT2D eigenvalue weighted by molar-refractivity contribution is 7.99. The minimum absolute atomic E-state index is 0.0470. The molecule has 3 nitrogen and oxygen atoms in total. The number of nitrogens with two attached hydrogens (primary N) is 1. The summed E-state index contributed by atoms with van der Waals surface area (Å²) in [7, 11) is 0. The molecule has 0 heterocycles. The molecule has 0 bridgehead atoms. The van der Waals surface area contributed by atoms with Gasteiger partial charge in [0.15, 0.2) is 0 Å². The minimum atomic E-state index is -0.0470. The maximum absolute atomic E-state index is 10.8. The van der Waals surface area contributed by atoms with E-state index >= 15 is 0 Å². The van der Waals surface area contributed by atoms with Crippen LogP contribution in [0, 0.1) is 0 Å². The van der Waals surface area contributed by atoms with Crippen molar-refractivity contribution < 1.29 is 4.79 Å². The molecule has 1 saturated carbocycles. The van der Waals surface area contributed by atoms with Gasteiger partial charge < -0.3 is 0 Å². The fraction of sp³-hybridized carbons (Fsp3) is 0.900. The van der Waals surface area contributed by atoms with Gasteiger partial charge in [-0.2, -0.15) is 11.8 Å². The molecule has 0 aromatic carbocycles. The van der Waals surface area contributed by atoms with Gasteiger partial charge in [0, 0.05) is 11.7 Å². The van der Waals surface area contributed by atoms with E-state index in [1.54, 1.807) is 0 Å². The first-order valence-electron chi connectivity index (χ1n) is 5.44. The van der Waals surface area contributed by atoms with Crippen LogP contribution in [0.4, 0.5) is 0 Å². The van der Waals surface area contributed by atoms with E-state index in [0.29, 0.717) is 6.42 Å². The molecule has 0 unspecified atom stereocenters. The molecule has 4 heteroatoms. The maximum atomic E-state index is 10.8. The molecule has 14 heavy (non-hydrogen) atoms. The van der Waals surface area contributed by atoms with Crippen LogP contribution >= 0.6 is 11.8 Å². The Bertz CT molecular complexity index is 170. The lowest BCUT2D eigenvalue weighted by Crippen LogP contribution is -2.29. The van der Waals surface area contributed by atoms with Gasteiger partial charge in [0.25, 0.3) is 0 Å². The summed E-state index contributed by atoms with van der Waals surface area (Å²) < 4.78 is 0. The molecule has 1 rings (SSSR count). The van der Waals surface area contributed by atoms with Crippen molar-refractivity contribution in [1.82, 2.24) is 5.43 Å². The Kier molecular flexibility index (Phi) is 6.03. The summed E-state index contributed by atoms with van der Waals surface area (Å²) in [6.45, 7) is 0. The maximum Gasteiger partial charge on any atom is 0.233 e. The van der Waals surface area contributed by atoms with E-state index in [-0.39, 0.29) is 5.91 Å². The van der Waals surface area contributed by atoms with Gasteiger partial charge in [-0.25, -0.2) is 5.84 Å². The average molecular weight is 216 g/mol. The van der Waals surface area contributed by atoms with Crippen LogP contribution in [0.3, 0.4) is 0 Å². The molecule has 3 N–H and O–H groups in total. The van der Waals surface area contributed by atoms with E-state index in [1.807, 2.05) is 11.8 Å². The molecule has 0 radical (unpaired) electrons. The largest absolute Gasteiger partial charge is 0.294 e. The normalized spacial score (nSPS) is 18.1. The van der Waals surface area contributed by atoms with Gasteiger partial charge in [-0.05, 0) is 25.0 Å². The number of amides is 1. The third kappa shape index (κ3) is 4.86. The van der Waals surface area contributed by atoms with Crippen molar-refractivity contribution in [3.05, 3.63) is 0 Å². The van der Waals surface area contributed by atoms with Crippen molar-refractivity contribution in [3.8, 4) is 0 Å². The van der Waals surface area contributed by atoms with Gasteiger partial charge in [-0.3, -0.25) is 10.2 Å². The summed E-state index contributed by atoms with van der Waals surface area (Å²) in [5, 5.41) is 0.852. The fourth-order valence-corrected chi connectivity index (χ4v) is 3.10. The molecule has 1 amide bonds. The summed E-state index contributed by atoms with van der Waals surface area (Å²) in [6, 6.07) is 0. The highest BCUT2D eigenvalue weighted by Gasteiger charge is 2.13. The highest BCUT2D eigenvalue weighted by atomic mass is 32.2. The van der Waals surface area contributed by atoms with Crippen LogP contribution in [-0.4, -0.2) is 16.9 Å². The van der Waals surface area contributed by atoms with Gasteiger partial charge in [-0.15, -0.1) is 0 Å². The van der Waals surface area contributed by atoms with Crippen LogP contribution in [0.5, 0.6) is 0 Å². The Morgan fingerprint density at radius 1 is 1.36 bits per heavy atom. The lowest BCUT2D eigenvalue weighted by molar-refractivity contribution is -0.121. The van der Waals surface area contributed by atoms with Crippen molar-refractivity contribution in [2.24, 2.45) is 5.84 Å². The predicted octanol–water partition coefficient (Wildman–Crippen LogP) is 1.82. The smallest absolute Gasteiger partial charge is 0.233 e. The number of thioether (sulfide) groups is 1. The zero-order valence-corrected chi connectivity index (χ0v) is 9.44. The van der Waals surface area contributed by atoms with Gasteiger partial charge in [0.05, 0.1) is 0 Å². The summed E-state index contributed by atoms with van der Waals surface area (Å²) in [6.07, 6.45) is 8.44. The number of carbonyl (C=O) groups excluding carboxylic acids is 1. The zero-order chi connectivity index (χ0) is 10.2. The summed E-state index contributed by atoms with van der Waals surface area (Å²) in [5.41, 5.74) is 2.16. The molecule has 0 spiro atoms. The number of hydrazine groups is 1. The van der Waals surface area contributed by atoms with E-state index < -0.39 is 0 Å². The fourth-order valence-electron chi connectivity index (χ4n) is 1.79. The molecule has 0 aliphatic heterocycles. The number of nitrogens with one attached hydrogen (secondary N) is 1. The Morgan fingerprint density at radius 2 is 2.07 bits per heavy atom. The number of carbonyl (C=O) groups is 1. The van der Waals surface area contributed by atoms with Crippen LogP contribution in [0.2, 0.25) is 0 Å². The van der Waals surface area contributed by atoms with Crippen molar-refractivity contribution in [2.75, 3.05) is 5.75 Å². The monoisotopic (exact) mass is 216 g/mol. The first kappa shape index (κ1) is 11.9. The van der Waals surface area contributed by atoms with E-state index in [4.69, 9.17) is 5.84 Å². The Labute approximate surface area is 90.2 Å². The Hall–Kier alpha value is -0.220. The molecule has 1 fully saturated rings. The molecule has 0 atom stereocenters. The molecular formula is C10H20N2OS. The lowest BCUT2D eigenvalue weighted by atomic mass is 10.0. The lowest BCUT2D eigenvalue weighted by Gasteiger charge is -2.20. The van der Waals surface area contributed by atoms with Crippen LogP contribution in [-0.2, 0) is 4.79 Å². The molecule has 1 aliphatic carbocycles. The van der Waals surface area contributed by atoms with Crippen LogP contribution < -0.4 is 11.3 Å². The molecule has 1 aliphatic rings. The van der Waals surface area contributed by atoms with Gasteiger partial charge in [-0.1, -0.05) is 19.3 Å². The second kappa shape index (κ2) is 7.12. The third-order valence-electron chi connectivity index (χ3n) is 2.61. The van der Waals surface area contributed by atoms with Crippen LogP contribution in [0.1, 0.15) is 44.9 Å². The van der Waals surface area contributed by atoms with Crippen LogP contribution in [0.15, 0.2) is 0 Å². The zero-order valence-electron chi connectivity index (χ0n) is 8.63. The van der Waals surface area contributed by atoms with Crippen LogP contribution in [0.25, 0.3) is 0 Å². The van der Waals surface area contributed by atoms with Crippen molar-refractivity contribution in [2.45, 2.75) is 50.2 Å². The third-order valence-corrected chi connectivity index (χ3v) is 4.08. The predicted molar refractivity (Wildman–Crippen MR) is 60.9 cm³/mol. The van der Waals surface area contributed by atoms with Crippen molar-refractivity contribution in [1.29, 1.82) is 0 Å². The first-order valence-corrected chi connectivity index (χ1v) is 6.49. The van der Waals surface area contributed by atoms with Crippen molar-refractivity contribution >= 4 is 17.7 Å². The molecular weight excluding hydrogens is 196 g/mol. The number of hydrogen-bond donors (Lipinski definition) is 2. The minimum Gasteiger partial charge on any atom is -0.294 e. The standard InChI is InChI=1S/C10H20N2OS/c11-12-10(13)7-4-8-14-9-5-2-1-3-6-9/h9H,1-8,11H2,(H,12,13). The second-order valence-electron chi connectivity index (χ2n) is 3.80. The quantitative estimate of drug-likeness (QED) is 0.319. The van der Waals surface area contributed by atoms with Gasteiger partial charge in [0.1, 0.15) is 0 Å². The first-order chi connectivity index (χ1) is 6.83. The second-order valence-corrected chi connectivity index (χ2v) is 5.21. The summed E-state index contributed by atoms with van der Waals surface area (Å²) in [4.78, 5) is 10.8. The number of rotatable bonds is 5. The Balaban J connectivity index is 1.94. The van der Waals surface area contributed by atoms with E-state index in [2.05, 4.69) is 5.43 Å². The van der Waals surface area contributed by atoms with E-state index in [9.17, 15) is 4.79 Å². The molecule has 0 aromatic rings. The van der Waals surface area contributed by atoms with E-state index in [0.717, 1.165) is 17.4 Å². The molecule has 0 aromatic heterocycles. The Morgan fingerprint density at radius 3 is 2.71 bits per heavy atom.